The van der Waals surface area contributed by atoms with Gasteiger partial charge in [-0.05, 0) is 71.8 Å². The van der Waals surface area contributed by atoms with E-state index in [1.807, 2.05) is 31.7 Å². The zero-order valence-corrected chi connectivity index (χ0v) is 15.6. The fourth-order valence-corrected chi connectivity index (χ4v) is 3.21. The minimum Gasteiger partial charge on any atom is -0.490 e. The van der Waals surface area contributed by atoms with Gasteiger partial charge in [0.1, 0.15) is 0 Å². The molecule has 0 aliphatic heterocycles. The molecule has 0 radical (unpaired) electrons. The SMILES string of the molecule is CCOc1cc(CC(C)N)cc(Br)c1OCCCSCC. The summed E-state index contributed by atoms with van der Waals surface area (Å²) >= 11 is 5.52. The molecule has 2 N–H and O–H groups in total. The molecule has 0 spiro atoms. The van der Waals surface area contributed by atoms with E-state index >= 15 is 0 Å². The summed E-state index contributed by atoms with van der Waals surface area (Å²) < 4.78 is 12.6. The van der Waals surface area contributed by atoms with Crippen LogP contribution in [0.1, 0.15) is 32.8 Å². The number of halogens is 1. The van der Waals surface area contributed by atoms with Gasteiger partial charge in [0.25, 0.3) is 0 Å². The second-order valence-corrected chi connectivity index (χ2v) is 7.17. The minimum atomic E-state index is 0.129. The standard InChI is InChI=1S/C16H26BrNO2S/c1-4-19-15-11-13(9-12(3)18)10-14(17)16(15)20-7-6-8-21-5-2/h10-12H,4-9,18H2,1-3H3. The van der Waals surface area contributed by atoms with E-state index in [-0.39, 0.29) is 6.04 Å². The van der Waals surface area contributed by atoms with Crippen LogP contribution in [-0.4, -0.2) is 30.8 Å². The Labute approximate surface area is 141 Å². The Bertz CT molecular complexity index is 427. The molecule has 0 aromatic heterocycles. The summed E-state index contributed by atoms with van der Waals surface area (Å²) in [5.41, 5.74) is 7.03. The van der Waals surface area contributed by atoms with Crippen LogP contribution in [0.2, 0.25) is 0 Å². The first-order valence-corrected chi connectivity index (χ1v) is 9.44. The number of hydrogen-bond donors (Lipinski definition) is 1. The summed E-state index contributed by atoms with van der Waals surface area (Å²) in [5, 5.41) is 0. The number of benzene rings is 1. The lowest BCUT2D eigenvalue weighted by atomic mass is 10.1. The van der Waals surface area contributed by atoms with Crippen LogP contribution in [0.4, 0.5) is 0 Å². The predicted molar refractivity (Wildman–Crippen MR) is 95.8 cm³/mol. The lowest BCUT2D eigenvalue weighted by Gasteiger charge is -2.16. The third kappa shape index (κ3) is 6.94. The predicted octanol–water partition coefficient (Wildman–Crippen LogP) is 4.26. The fourth-order valence-electron chi connectivity index (χ4n) is 1.99. The van der Waals surface area contributed by atoms with Crippen LogP contribution in [0.25, 0.3) is 0 Å². The molecule has 21 heavy (non-hydrogen) atoms. The highest BCUT2D eigenvalue weighted by molar-refractivity contribution is 9.10. The Morgan fingerprint density at radius 3 is 2.67 bits per heavy atom. The Morgan fingerprint density at radius 2 is 2.05 bits per heavy atom. The average Bonchev–Trinajstić information content (AvgIpc) is 2.40. The van der Waals surface area contributed by atoms with Crippen LogP contribution >= 0.6 is 27.7 Å². The van der Waals surface area contributed by atoms with E-state index < -0.39 is 0 Å². The van der Waals surface area contributed by atoms with Crippen molar-refractivity contribution in [3.05, 3.63) is 22.2 Å². The highest BCUT2D eigenvalue weighted by Crippen LogP contribution is 2.37. The van der Waals surface area contributed by atoms with Crippen molar-refractivity contribution < 1.29 is 9.47 Å². The molecular formula is C16H26BrNO2S. The summed E-state index contributed by atoms with van der Waals surface area (Å²) in [6.07, 6.45) is 1.87. The number of ether oxygens (including phenoxy) is 2. The Hall–Kier alpha value is -0.390. The molecule has 3 nitrogen and oxygen atoms in total. The number of rotatable bonds is 10. The summed E-state index contributed by atoms with van der Waals surface area (Å²) in [7, 11) is 0. The summed E-state index contributed by atoms with van der Waals surface area (Å²) in [6, 6.07) is 4.24. The molecule has 1 aromatic rings. The molecule has 1 rings (SSSR count). The van der Waals surface area contributed by atoms with Gasteiger partial charge < -0.3 is 15.2 Å². The van der Waals surface area contributed by atoms with Gasteiger partial charge in [0.05, 0.1) is 17.7 Å². The summed E-state index contributed by atoms with van der Waals surface area (Å²) in [6.45, 7) is 7.48. The molecule has 120 valence electrons. The van der Waals surface area contributed by atoms with Gasteiger partial charge >= 0.3 is 0 Å². The summed E-state index contributed by atoms with van der Waals surface area (Å²) in [4.78, 5) is 0. The van der Waals surface area contributed by atoms with E-state index in [0.29, 0.717) is 13.2 Å². The van der Waals surface area contributed by atoms with E-state index in [2.05, 4.69) is 28.9 Å². The number of thioether (sulfide) groups is 1. The maximum absolute atomic E-state index is 5.91. The maximum Gasteiger partial charge on any atom is 0.175 e. The van der Waals surface area contributed by atoms with E-state index in [4.69, 9.17) is 15.2 Å². The molecule has 0 saturated heterocycles. The Balaban J connectivity index is 2.76. The van der Waals surface area contributed by atoms with Crippen molar-refractivity contribution in [2.24, 2.45) is 5.73 Å². The van der Waals surface area contributed by atoms with E-state index in [9.17, 15) is 0 Å². The molecule has 0 heterocycles. The smallest absolute Gasteiger partial charge is 0.175 e. The van der Waals surface area contributed by atoms with Crippen LogP contribution in [-0.2, 0) is 6.42 Å². The van der Waals surface area contributed by atoms with Crippen LogP contribution in [0.15, 0.2) is 16.6 Å². The molecule has 0 bridgehead atoms. The topological polar surface area (TPSA) is 44.5 Å². The van der Waals surface area contributed by atoms with Crippen molar-refractivity contribution in [1.29, 1.82) is 0 Å². The van der Waals surface area contributed by atoms with Gasteiger partial charge in [-0.1, -0.05) is 6.92 Å². The highest BCUT2D eigenvalue weighted by atomic mass is 79.9. The van der Waals surface area contributed by atoms with Crippen LogP contribution in [0.3, 0.4) is 0 Å². The second-order valence-electron chi connectivity index (χ2n) is 4.92. The van der Waals surface area contributed by atoms with Crippen LogP contribution in [0.5, 0.6) is 11.5 Å². The molecule has 0 fully saturated rings. The van der Waals surface area contributed by atoms with Gasteiger partial charge in [0.15, 0.2) is 11.5 Å². The molecule has 0 aliphatic carbocycles. The van der Waals surface area contributed by atoms with Crippen LogP contribution < -0.4 is 15.2 Å². The first kappa shape index (κ1) is 18.7. The molecule has 5 heteroatoms. The van der Waals surface area contributed by atoms with Gasteiger partial charge in [0, 0.05) is 6.04 Å². The normalized spacial score (nSPS) is 12.2. The van der Waals surface area contributed by atoms with E-state index in [1.54, 1.807) is 0 Å². The molecule has 1 aromatic carbocycles. The third-order valence-corrected chi connectivity index (χ3v) is 4.39. The minimum absolute atomic E-state index is 0.129. The van der Waals surface area contributed by atoms with Crippen molar-refractivity contribution in [2.45, 2.75) is 39.7 Å². The lowest BCUT2D eigenvalue weighted by Crippen LogP contribution is -2.17. The van der Waals surface area contributed by atoms with Gasteiger partial charge in [-0.3, -0.25) is 0 Å². The van der Waals surface area contributed by atoms with Gasteiger partial charge in [-0.25, -0.2) is 0 Å². The number of hydrogen-bond acceptors (Lipinski definition) is 4. The zero-order chi connectivity index (χ0) is 15.7. The van der Waals surface area contributed by atoms with Crippen molar-refractivity contribution in [2.75, 3.05) is 24.7 Å². The first-order chi connectivity index (χ1) is 10.1. The monoisotopic (exact) mass is 375 g/mol. The number of nitrogens with two attached hydrogens (primary N) is 1. The van der Waals surface area contributed by atoms with Gasteiger partial charge in [-0.15, -0.1) is 0 Å². The van der Waals surface area contributed by atoms with E-state index in [1.165, 1.54) is 0 Å². The molecule has 0 amide bonds. The van der Waals surface area contributed by atoms with Gasteiger partial charge in [0.2, 0.25) is 0 Å². The third-order valence-electron chi connectivity index (χ3n) is 2.81. The van der Waals surface area contributed by atoms with E-state index in [0.717, 1.165) is 45.9 Å². The Morgan fingerprint density at radius 1 is 1.29 bits per heavy atom. The molecular weight excluding hydrogens is 350 g/mol. The van der Waals surface area contributed by atoms with Crippen LogP contribution in [0, 0.1) is 0 Å². The highest BCUT2D eigenvalue weighted by Gasteiger charge is 2.13. The summed E-state index contributed by atoms with van der Waals surface area (Å²) in [5.74, 6) is 3.87. The zero-order valence-electron chi connectivity index (χ0n) is 13.2. The second kappa shape index (κ2) is 10.4. The van der Waals surface area contributed by atoms with Crippen molar-refractivity contribution in [1.82, 2.24) is 0 Å². The van der Waals surface area contributed by atoms with Gasteiger partial charge in [-0.2, -0.15) is 11.8 Å². The van der Waals surface area contributed by atoms with Crippen molar-refractivity contribution >= 4 is 27.7 Å². The molecule has 1 atom stereocenters. The fraction of sp³-hybridized carbons (Fsp3) is 0.625. The lowest BCUT2D eigenvalue weighted by molar-refractivity contribution is 0.275. The molecule has 0 saturated carbocycles. The maximum atomic E-state index is 5.91. The quantitative estimate of drug-likeness (QED) is 0.620. The molecule has 1 unspecified atom stereocenters. The first-order valence-electron chi connectivity index (χ1n) is 7.49. The Kier molecular flexibility index (Phi) is 9.20. The van der Waals surface area contributed by atoms with Crippen molar-refractivity contribution in [3.8, 4) is 11.5 Å². The van der Waals surface area contributed by atoms with Crippen molar-refractivity contribution in [3.63, 3.8) is 0 Å². The molecule has 0 aliphatic rings. The average molecular weight is 376 g/mol. The largest absolute Gasteiger partial charge is 0.490 e.